The molecule has 0 aliphatic carbocycles. The van der Waals surface area contributed by atoms with Crippen LogP contribution in [0.3, 0.4) is 0 Å². The topological polar surface area (TPSA) is 0 Å². The molecule has 0 radical (unpaired) electrons. The molecule has 0 bridgehead atoms. The lowest BCUT2D eigenvalue weighted by atomic mass is 10.1. The fourth-order valence-corrected chi connectivity index (χ4v) is 2.34. The summed E-state index contributed by atoms with van der Waals surface area (Å²) in [6.45, 7) is 0. The van der Waals surface area contributed by atoms with E-state index in [1.165, 1.54) is 4.78 Å². The molecule has 0 unspecified atom stereocenters. The molecule has 0 saturated heterocycles. The number of halogens is 1. The Bertz CT molecular complexity index is 176. The molecule has 0 spiro atoms. The largest absolute Gasteiger partial charge is 0.152 e. The van der Waals surface area contributed by atoms with Crippen molar-refractivity contribution in [2.75, 3.05) is 0 Å². The standard InChI is InChI=1S/C4H4BBrS2/c5-3-1-2(6)4(7)8-3/h1,7H,5H2. The second-order valence-corrected chi connectivity index (χ2v) is 4.37. The summed E-state index contributed by atoms with van der Waals surface area (Å²) in [4.78, 5) is 0. The predicted molar refractivity (Wildman–Crippen MR) is 47.4 cm³/mol. The molecule has 0 atom stereocenters. The van der Waals surface area contributed by atoms with Gasteiger partial charge >= 0.3 is 0 Å². The molecule has 1 heterocycles. The Morgan fingerprint density at radius 1 is 1.75 bits per heavy atom. The van der Waals surface area contributed by atoms with Crippen molar-refractivity contribution in [3.8, 4) is 0 Å². The van der Waals surface area contributed by atoms with Crippen molar-refractivity contribution >= 4 is 52.5 Å². The van der Waals surface area contributed by atoms with Crippen molar-refractivity contribution in [1.82, 2.24) is 0 Å². The molecule has 0 amide bonds. The predicted octanol–water partition coefficient (Wildman–Crippen LogP) is 1.06. The number of hydrogen-bond acceptors (Lipinski definition) is 2. The quantitative estimate of drug-likeness (QED) is 0.477. The highest BCUT2D eigenvalue weighted by molar-refractivity contribution is 9.10. The third-order valence-electron chi connectivity index (χ3n) is 0.792. The number of thiophene rings is 1. The highest BCUT2D eigenvalue weighted by Crippen LogP contribution is 2.23. The van der Waals surface area contributed by atoms with E-state index in [-0.39, 0.29) is 0 Å². The molecule has 1 rings (SSSR count). The second kappa shape index (κ2) is 2.46. The summed E-state index contributed by atoms with van der Waals surface area (Å²) in [5, 5.41) is 0. The fraction of sp³-hybridized carbons (Fsp3) is 0. The Hall–Kier alpha value is 0.595. The smallest absolute Gasteiger partial charge is 0.144 e. The van der Waals surface area contributed by atoms with Gasteiger partial charge in [-0.1, -0.05) is 0 Å². The van der Waals surface area contributed by atoms with Gasteiger partial charge in [-0.2, -0.15) is 0 Å². The lowest BCUT2D eigenvalue weighted by Gasteiger charge is -1.76. The summed E-state index contributed by atoms with van der Waals surface area (Å²) in [6.07, 6.45) is 0. The Morgan fingerprint density at radius 3 is 2.50 bits per heavy atom. The molecule has 42 valence electrons. The maximum absolute atomic E-state index is 4.19. The Balaban J connectivity index is 3.14. The minimum atomic E-state index is 1.06. The zero-order valence-corrected chi connectivity index (χ0v) is 7.61. The lowest BCUT2D eigenvalue weighted by molar-refractivity contribution is 1.67. The molecule has 0 aliphatic heterocycles. The van der Waals surface area contributed by atoms with Crippen LogP contribution in [0.2, 0.25) is 0 Å². The van der Waals surface area contributed by atoms with Gasteiger partial charge in [-0.25, -0.2) is 0 Å². The zero-order valence-electron chi connectivity index (χ0n) is 4.31. The van der Waals surface area contributed by atoms with Gasteiger partial charge in [0, 0.05) is 4.47 Å². The molecule has 0 aliphatic rings. The van der Waals surface area contributed by atoms with Crippen LogP contribution in [0, 0.1) is 0 Å². The molecule has 0 fully saturated rings. The number of thiol groups is 1. The molecule has 1 aromatic heterocycles. The van der Waals surface area contributed by atoms with Crippen LogP contribution in [0.25, 0.3) is 0 Å². The number of rotatable bonds is 0. The van der Waals surface area contributed by atoms with E-state index in [1.54, 1.807) is 11.3 Å². The van der Waals surface area contributed by atoms with E-state index < -0.39 is 0 Å². The van der Waals surface area contributed by atoms with Crippen molar-refractivity contribution in [2.24, 2.45) is 0 Å². The third kappa shape index (κ3) is 1.30. The molecular formula is C4H4BBrS2. The zero-order chi connectivity index (χ0) is 6.15. The van der Waals surface area contributed by atoms with E-state index in [9.17, 15) is 0 Å². The first-order valence-electron chi connectivity index (χ1n) is 2.15. The first kappa shape index (κ1) is 6.71. The Morgan fingerprint density at radius 2 is 2.38 bits per heavy atom. The molecule has 0 nitrogen and oxygen atoms in total. The van der Waals surface area contributed by atoms with Crippen molar-refractivity contribution in [3.63, 3.8) is 0 Å². The SMILES string of the molecule is Bc1cc(Br)c(S)s1. The van der Waals surface area contributed by atoms with Gasteiger partial charge in [-0.15, -0.1) is 24.0 Å². The van der Waals surface area contributed by atoms with Gasteiger partial charge in [-0.05, 0) is 26.8 Å². The summed E-state index contributed by atoms with van der Waals surface area (Å²) in [5.74, 6) is 0. The monoisotopic (exact) mass is 206 g/mol. The Labute approximate surface area is 67.2 Å². The van der Waals surface area contributed by atoms with E-state index in [2.05, 4.69) is 42.5 Å². The van der Waals surface area contributed by atoms with Gasteiger partial charge in [0.05, 0.1) is 4.21 Å². The third-order valence-corrected chi connectivity index (χ3v) is 3.35. The van der Waals surface area contributed by atoms with Crippen molar-refractivity contribution in [1.29, 1.82) is 0 Å². The first-order chi connectivity index (χ1) is 3.70. The molecule has 1 aromatic rings. The highest BCUT2D eigenvalue weighted by atomic mass is 79.9. The van der Waals surface area contributed by atoms with Crippen LogP contribution in [-0.2, 0) is 0 Å². The first-order valence-corrected chi connectivity index (χ1v) is 4.20. The highest BCUT2D eigenvalue weighted by Gasteiger charge is 1.96. The van der Waals surface area contributed by atoms with Crippen LogP contribution < -0.4 is 4.78 Å². The lowest BCUT2D eigenvalue weighted by Crippen LogP contribution is -1.88. The average molecular weight is 207 g/mol. The number of hydrogen-bond donors (Lipinski definition) is 1. The molecule has 8 heavy (non-hydrogen) atoms. The van der Waals surface area contributed by atoms with Crippen molar-refractivity contribution in [3.05, 3.63) is 10.5 Å². The average Bonchev–Trinajstić information content (AvgIpc) is 1.85. The van der Waals surface area contributed by atoms with Crippen molar-refractivity contribution in [2.45, 2.75) is 4.21 Å². The summed E-state index contributed by atoms with van der Waals surface area (Å²) in [5.41, 5.74) is 0. The van der Waals surface area contributed by atoms with E-state index in [1.807, 2.05) is 0 Å². The van der Waals surface area contributed by atoms with Crippen LogP contribution in [-0.4, -0.2) is 7.85 Å². The summed E-state index contributed by atoms with van der Waals surface area (Å²) >= 11 is 9.23. The van der Waals surface area contributed by atoms with Gasteiger partial charge in [0.25, 0.3) is 0 Å². The van der Waals surface area contributed by atoms with Crippen LogP contribution in [0.4, 0.5) is 0 Å². The maximum atomic E-state index is 4.19. The molecule has 0 N–H and O–H groups in total. The van der Waals surface area contributed by atoms with Gasteiger partial charge in [0.1, 0.15) is 0 Å². The summed E-state index contributed by atoms with van der Waals surface area (Å²) < 4.78 is 3.45. The minimum Gasteiger partial charge on any atom is -0.144 e. The molecule has 4 heteroatoms. The van der Waals surface area contributed by atoms with Crippen LogP contribution in [0.1, 0.15) is 0 Å². The van der Waals surface area contributed by atoms with Gasteiger partial charge < -0.3 is 0 Å². The molecular weight excluding hydrogens is 203 g/mol. The van der Waals surface area contributed by atoms with E-state index in [0.717, 1.165) is 8.68 Å². The summed E-state index contributed by atoms with van der Waals surface area (Å²) in [6, 6.07) is 2.06. The molecule has 0 saturated carbocycles. The van der Waals surface area contributed by atoms with Crippen LogP contribution in [0.5, 0.6) is 0 Å². The van der Waals surface area contributed by atoms with Gasteiger partial charge in [-0.3, -0.25) is 0 Å². The second-order valence-electron chi connectivity index (χ2n) is 1.51. The molecule has 0 aromatic carbocycles. The van der Waals surface area contributed by atoms with Gasteiger partial charge in [0.2, 0.25) is 0 Å². The maximum Gasteiger partial charge on any atom is 0.152 e. The van der Waals surface area contributed by atoms with E-state index in [0.29, 0.717) is 0 Å². The normalized spacial score (nSPS) is 9.75. The van der Waals surface area contributed by atoms with Crippen molar-refractivity contribution < 1.29 is 0 Å². The van der Waals surface area contributed by atoms with Crippen LogP contribution >= 0.6 is 39.9 Å². The van der Waals surface area contributed by atoms with Crippen LogP contribution in [0.15, 0.2) is 14.7 Å². The Kier molecular flexibility index (Phi) is 2.06. The van der Waals surface area contributed by atoms with E-state index >= 15 is 0 Å². The summed E-state index contributed by atoms with van der Waals surface area (Å²) in [7, 11) is 2.06. The minimum absolute atomic E-state index is 1.06. The van der Waals surface area contributed by atoms with Gasteiger partial charge in [0.15, 0.2) is 7.85 Å². The van der Waals surface area contributed by atoms with E-state index in [4.69, 9.17) is 0 Å². The fourth-order valence-electron chi connectivity index (χ4n) is 0.471.